The van der Waals surface area contributed by atoms with Crippen molar-refractivity contribution in [3.05, 3.63) is 54.1 Å². The maximum Gasteiger partial charge on any atom is 0.261 e. The zero-order valence-electron chi connectivity index (χ0n) is 18.0. The first kappa shape index (κ1) is 23.1. The summed E-state index contributed by atoms with van der Waals surface area (Å²) in [6, 6.07) is 13.9. The zero-order valence-corrected chi connectivity index (χ0v) is 18.0. The van der Waals surface area contributed by atoms with Crippen molar-refractivity contribution < 1.29 is 23.8 Å². The van der Waals surface area contributed by atoms with Crippen molar-refractivity contribution >= 4 is 11.8 Å². The van der Waals surface area contributed by atoms with Crippen LogP contribution in [-0.2, 0) is 16.1 Å². The lowest BCUT2D eigenvalue weighted by Crippen LogP contribution is -2.49. The molecule has 0 heterocycles. The Morgan fingerprint density at radius 2 is 1.67 bits per heavy atom. The first-order chi connectivity index (χ1) is 14.5. The Morgan fingerprint density at radius 1 is 1.00 bits per heavy atom. The lowest BCUT2D eigenvalue weighted by atomic mass is 10.1. The molecule has 1 N–H and O–H groups in total. The van der Waals surface area contributed by atoms with Gasteiger partial charge in [0, 0.05) is 13.1 Å². The third kappa shape index (κ3) is 6.40. The standard InChI is InChI=1S/C23H30N2O5/c1-5-14-24-23(27)17(2)25(15-18-10-12-19(28-3)13-11-18)22(26)16-30-21-9-7-6-8-20(21)29-4/h6-13,17H,5,14-16H2,1-4H3,(H,24,27). The second kappa shape index (κ2) is 11.7. The largest absolute Gasteiger partial charge is 0.497 e. The molecule has 0 fully saturated rings. The van der Waals surface area contributed by atoms with Crippen LogP contribution in [0.15, 0.2) is 48.5 Å². The highest BCUT2D eigenvalue weighted by Gasteiger charge is 2.26. The fourth-order valence-electron chi connectivity index (χ4n) is 2.87. The number of para-hydroxylation sites is 2. The average Bonchev–Trinajstić information content (AvgIpc) is 2.79. The molecule has 0 spiro atoms. The van der Waals surface area contributed by atoms with E-state index in [9.17, 15) is 9.59 Å². The Labute approximate surface area is 177 Å². The van der Waals surface area contributed by atoms with Crippen molar-refractivity contribution in [1.82, 2.24) is 10.2 Å². The van der Waals surface area contributed by atoms with Gasteiger partial charge < -0.3 is 24.4 Å². The molecule has 7 heteroatoms. The number of hydrogen-bond donors (Lipinski definition) is 1. The van der Waals surface area contributed by atoms with Gasteiger partial charge in [0.15, 0.2) is 18.1 Å². The van der Waals surface area contributed by atoms with Crippen LogP contribution in [0.25, 0.3) is 0 Å². The van der Waals surface area contributed by atoms with Gasteiger partial charge in [-0.05, 0) is 43.2 Å². The minimum Gasteiger partial charge on any atom is -0.497 e. The molecule has 0 radical (unpaired) electrons. The Morgan fingerprint density at radius 3 is 2.27 bits per heavy atom. The summed E-state index contributed by atoms with van der Waals surface area (Å²) >= 11 is 0. The Hall–Kier alpha value is -3.22. The van der Waals surface area contributed by atoms with Crippen LogP contribution in [0.4, 0.5) is 0 Å². The van der Waals surface area contributed by atoms with Crippen molar-refractivity contribution in [2.75, 3.05) is 27.4 Å². The van der Waals surface area contributed by atoms with E-state index < -0.39 is 6.04 Å². The Balaban J connectivity index is 2.15. The SMILES string of the molecule is CCCNC(=O)C(C)N(Cc1ccc(OC)cc1)C(=O)COc1ccccc1OC. The fourth-order valence-corrected chi connectivity index (χ4v) is 2.87. The number of ether oxygens (including phenoxy) is 3. The van der Waals surface area contributed by atoms with Crippen LogP contribution in [0.3, 0.4) is 0 Å². The highest BCUT2D eigenvalue weighted by atomic mass is 16.5. The van der Waals surface area contributed by atoms with E-state index in [4.69, 9.17) is 14.2 Å². The molecule has 2 amide bonds. The highest BCUT2D eigenvalue weighted by molar-refractivity contribution is 5.88. The summed E-state index contributed by atoms with van der Waals surface area (Å²) in [7, 11) is 3.14. The first-order valence-electron chi connectivity index (χ1n) is 9.96. The van der Waals surface area contributed by atoms with E-state index in [2.05, 4.69) is 5.32 Å². The van der Waals surface area contributed by atoms with Gasteiger partial charge in [-0.1, -0.05) is 31.2 Å². The molecular formula is C23H30N2O5. The van der Waals surface area contributed by atoms with Gasteiger partial charge in [0.25, 0.3) is 5.91 Å². The monoisotopic (exact) mass is 414 g/mol. The van der Waals surface area contributed by atoms with Crippen LogP contribution >= 0.6 is 0 Å². The molecule has 0 aromatic heterocycles. The van der Waals surface area contributed by atoms with Crippen LogP contribution in [0, 0.1) is 0 Å². The maximum atomic E-state index is 13.0. The van der Waals surface area contributed by atoms with Crippen molar-refractivity contribution in [2.24, 2.45) is 0 Å². The molecule has 1 unspecified atom stereocenters. The van der Waals surface area contributed by atoms with Gasteiger partial charge in [-0.25, -0.2) is 0 Å². The number of amides is 2. The summed E-state index contributed by atoms with van der Waals surface area (Å²) in [6.07, 6.45) is 0.821. The van der Waals surface area contributed by atoms with Crippen LogP contribution in [-0.4, -0.2) is 50.1 Å². The van der Waals surface area contributed by atoms with E-state index >= 15 is 0 Å². The molecule has 7 nitrogen and oxygen atoms in total. The minimum atomic E-state index is -0.646. The van der Waals surface area contributed by atoms with Gasteiger partial charge in [0.1, 0.15) is 11.8 Å². The van der Waals surface area contributed by atoms with Crippen molar-refractivity contribution in [3.63, 3.8) is 0 Å². The highest BCUT2D eigenvalue weighted by Crippen LogP contribution is 2.26. The molecule has 162 valence electrons. The molecule has 2 rings (SSSR count). The summed E-state index contributed by atoms with van der Waals surface area (Å²) in [5.74, 6) is 1.25. The predicted molar refractivity (Wildman–Crippen MR) is 115 cm³/mol. The topological polar surface area (TPSA) is 77.1 Å². The molecule has 2 aromatic rings. The molecule has 0 aliphatic heterocycles. The minimum absolute atomic E-state index is 0.198. The summed E-state index contributed by atoms with van der Waals surface area (Å²) < 4.78 is 16.1. The van der Waals surface area contributed by atoms with Gasteiger partial charge >= 0.3 is 0 Å². The van der Waals surface area contributed by atoms with Crippen LogP contribution < -0.4 is 19.5 Å². The number of hydrogen-bond acceptors (Lipinski definition) is 5. The second-order valence-corrected chi connectivity index (χ2v) is 6.78. The number of rotatable bonds is 11. The number of nitrogens with zero attached hydrogens (tertiary/aromatic N) is 1. The second-order valence-electron chi connectivity index (χ2n) is 6.78. The Kier molecular flexibility index (Phi) is 9.00. The van der Waals surface area contributed by atoms with Gasteiger partial charge in [0.05, 0.1) is 14.2 Å². The molecule has 0 saturated heterocycles. The summed E-state index contributed by atoms with van der Waals surface area (Å²) in [5.41, 5.74) is 0.886. The van der Waals surface area contributed by atoms with Crippen molar-refractivity contribution in [2.45, 2.75) is 32.9 Å². The number of carbonyl (C=O) groups is 2. The van der Waals surface area contributed by atoms with Gasteiger partial charge in [-0.3, -0.25) is 9.59 Å². The number of nitrogens with one attached hydrogen (secondary N) is 1. The van der Waals surface area contributed by atoms with E-state index in [1.165, 1.54) is 4.90 Å². The molecule has 0 aliphatic rings. The van der Waals surface area contributed by atoms with Crippen LogP contribution in [0.1, 0.15) is 25.8 Å². The third-order valence-electron chi connectivity index (χ3n) is 4.65. The van der Waals surface area contributed by atoms with E-state index in [1.807, 2.05) is 37.3 Å². The van der Waals surface area contributed by atoms with Gasteiger partial charge in [-0.2, -0.15) is 0 Å². The molecule has 0 saturated carbocycles. The van der Waals surface area contributed by atoms with Crippen molar-refractivity contribution in [3.8, 4) is 17.2 Å². The number of methoxy groups -OCH3 is 2. The fraction of sp³-hybridized carbons (Fsp3) is 0.391. The van der Waals surface area contributed by atoms with E-state index in [0.717, 1.165) is 17.7 Å². The van der Waals surface area contributed by atoms with E-state index in [0.29, 0.717) is 18.0 Å². The summed E-state index contributed by atoms with van der Waals surface area (Å²) in [5, 5.41) is 2.85. The molecule has 1 atom stereocenters. The molecular weight excluding hydrogens is 384 g/mol. The normalized spacial score (nSPS) is 11.3. The van der Waals surface area contributed by atoms with E-state index in [-0.39, 0.29) is 25.0 Å². The van der Waals surface area contributed by atoms with Crippen LogP contribution in [0.5, 0.6) is 17.2 Å². The Bertz CT molecular complexity index is 823. The maximum absolute atomic E-state index is 13.0. The smallest absolute Gasteiger partial charge is 0.261 e. The molecule has 0 aliphatic carbocycles. The predicted octanol–water partition coefficient (Wildman–Crippen LogP) is 3.03. The number of carbonyl (C=O) groups excluding carboxylic acids is 2. The summed E-state index contributed by atoms with van der Waals surface area (Å²) in [6.45, 7) is 4.33. The third-order valence-corrected chi connectivity index (χ3v) is 4.65. The first-order valence-corrected chi connectivity index (χ1v) is 9.96. The number of benzene rings is 2. The van der Waals surface area contributed by atoms with Gasteiger partial charge in [-0.15, -0.1) is 0 Å². The van der Waals surface area contributed by atoms with Crippen molar-refractivity contribution in [1.29, 1.82) is 0 Å². The summed E-state index contributed by atoms with van der Waals surface area (Å²) in [4.78, 5) is 27.1. The molecule has 30 heavy (non-hydrogen) atoms. The quantitative estimate of drug-likeness (QED) is 0.612. The van der Waals surface area contributed by atoms with Gasteiger partial charge in [0.2, 0.25) is 5.91 Å². The molecule has 0 bridgehead atoms. The average molecular weight is 415 g/mol. The van der Waals surface area contributed by atoms with Crippen LogP contribution in [0.2, 0.25) is 0 Å². The van der Waals surface area contributed by atoms with E-state index in [1.54, 1.807) is 39.3 Å². The molecule has 2 aromatic carbocycles. The lowest BCUT2D eigenvalue weighted by molar-refractivity contribution is -0.142. The lowest BCUT2D eigenvalue weighted by Gasteiger charge is -2.29. The zero-order chi connectivity index (χ0) is 21.9.